The topological polar surface area (TPSA) is 85.9 Å². The maximum atomic E-state index is 11.8. The van der Waals surface area contributed by atoms with Crippen molar-refractivity contribution in [3.8, 4) is 17.2 Å². The molecular weight excluding hydrogens is 324 g/mol. The number of benzene rings is 2. The van der Waals surface area contributed by atoms with Crippen molar-refractivity contribution in [1.82, 2.24) is 5.32 Å². The minimum absolute atomic E-state index is 0.142. The number of carbonyl (C=O) groups is 2. The zero-order valence-corrected chi connectivity index (χ0v) is 14.1. The smallest absolute Gasteiger partial charge is 0.258 e. The number of rotatable bonds is 8. The summed E-state index contributed by atoms with van der Waals surface area (Å²) in [6.07, 6.45) is 0. The van der Waals surface area contributed by atoms with E-state index in [1.165, 1.54) is 0 Å². The minimum Gasteiger partial charge on any atom is -0.497 e. The number of anilines is 1. The van der Waals surface area contributed by atoms with E-state index in [-0.39, 0.29) is 25.0 Å². The zero-order chi connectivity index (χ0) is 18.1. The number of amides is 2. The summed E-state index contributed by atoms with van der Waals surface area (Å²) in [7, 11) is 3.14. The Kier molecular flexibility index (Phi) is 6.65. The third-order valence-corrected chi connectivity index (χ3v) is 3.25. The molecule has 132 valence electrons. The Balaban J connectivity index is 1.70. The molecule has 0 aliphatic carbocycles. The van der Waals surface area contributed by atoms with Crippen LogP contribution >= 0.6 is 0 Å². The SMILES string of the molecule is COc1ccc(NC(=O)CNC(=O)COc2ccc(OC)cc2)cc1. The van der Waals surface area contributed by atoms with Crippen molar-refractivity contribution in [2.75, 3.05) is 32.7 Å². The molecule has 0 saturated heterocycles. The van der Waals surface area contributed by atoms with Gasteiger partial charge in [0.05, 0.1) is 20.8 Å². The van der Waals surface area contributed by atoms with Crippen molar-refractivity contribution in [2.45, 2.75) is 0 Å². The summed E-state index contributed by atoms with van der Waals surface area (Å²) in [5, 5.41) is 5.16. The predicted octanol–water partition coefficient (Wildman–Crippen LogP) is 1.84. The maximum Gasteiger partial charge on any atom is 0.258 e. The molecule has 0 aromatic heterocycles. The molecule has 2 rings (SSSR count). The summed E-state index contributed by atoms with van der Waals surface area (Å²) in [5.41, 5.74) is 0.620. The summed E-state index contributed by atoms with van der Waals surface area (Å²) in [5.74, 6) is 1.22. The van der Waals surface area contributed by atoms with Crippen molar-refractivity contribution in [3.05, 3.63) is 48.5 Å². The van der Waals surface area contributed by atoms with E-state index in [9.17, 15) is 9.59 Å². The van der Waals surface area contributed by atoms with Crippen LogP contribution in [0.4, 0.5) is 5.69 Å². The van der Waals surface area contributed by atoms with Crippen LogP contribution in [-0.2, 0) is 9.59 Å². The molecule has 0 saturated carbocycles. The normalized spacial score (nSPS) is 9.84. The van der Waals surface area contributed by atoms with E-state index in [4.69, 9.17) is 14.2 Å². The van der Waals surface area contributed by atoms with Gasteiger partial charge in [0, 0.05) is 5.69 Å². The van der Waals surface area contributed by atoms with Gasteiger partial charge < -0.3 is 24.8 Å². The van der Waals surface area contributed by atoms with E-state index >= 15 is 0 Å². The lowest BCUT2D eigenvalue weighted by molar-refractivity contribution is -0.125. The molecule has 2 amide bonds. The van der Waals surface area contributed by atoms with Crippen molar-refractivity contribution in [1.29, 1.82) is 0 Å². The van der Waals surface area contributed by atoms with Crippen LogP contribution in [0.15, 0.2) is 48.5 Å². The van der Waals surface area contributed by atoms with Crippen molar-refractivity contribution < 1.29 is 23.8 Å². The third-order valence-electron chi connectivity index (χ3n) is 3.25. The van der Waals surface area contributed by atoms with Crippen LogP contribution in [0.2, 0.25) is 0 Å². The molecule has 0 aliphatic rings. The molecule has 0 heterocycles. The highest BCUT2D eigenvalue weighted by Gasteiger charge is 2.07. The molecule has 0 spiro atoms. The number of ether oxygens (including phenoxy) is 3. The van der Waals surface area contributed by atoms with Gasteiger partial charge in [0.1, 0.15) is 17.2 Å². The van der Waals surface area contributed by atoms with E-state index in [2.05, 4.69) is 10.6 Å². The van der Waals surface area contributed by atoms with Crippen LogP contribution in [0.5, 0.6) is 17.2 Å². The lowest BCUT2D eigenvalue weighted by Crippen LogP contribution is -2.35. The number of hydrogen-bond donors (Lipinski definition) is 2. The van der Waals surface area contributed by atoms with Crippen LogP contribution < -0.4 is 24.8 Å². The minimum atomic E-state index is -0.388. The monoisotopic (exact) mass is 344 g/mol. The van der Waals surface area contributed by atoms with Crippen molar-refractivity contribution in [2.24, 2.45) is 0 Å². The summed E-state index contributed by atoms with van der Waals surface area (Å²) < 4.78 is 15.4. The first kappa shape index (κ1) is 18.1. The Morgan fingerprint density at radius 2 is 1.32 bits per heavy atom. The van der Waals surface area contributed by atoms with Gasteiger partial charge in [-0.1, -0.05) is 0 Å². The van der Waals surface area contributed by atoms with Gasteiger partial charge in [-0.3, -0.25) is 9.59 Å². The molecule has 0 unspecified atom stereocenters. The molecule has 0 radical (unpaired) electrons. The van der Waals surface area contributed by atoms with E-state index in [1.807, 2.05) is 0 Å². The van der Waals surface area contributed by atoms with Crippen LogP contribution in [0.3, 0.4) is 0 Å². The Bertz CT molecular complexity index is 698. The largest absolute Gasteiger partial charge is 0.497 e. The predicted molar refractivity (Wildman–Crippen MR) is 93.1 cm³/mol. The van der Waals surface area contributed by atoms with Gasteiger partial charge in [0.25, 0.3) is 5.91 Å². The van der Waals surface area contributed by atoms with Crippen LogP contribution in [0.25, 0.3) is 0 Å². The number of carbonyl (C=O) groups excluding carboxylic acids is 2. The molecule has 0 atom stereocenters. The quantitative estimate of drug-likeness (QED) is 0.763. The Labute approximate surface area is 145 Å². The van der Waals surface area contributed by atoms with Gasteiger partial charge in [-0.05, 0) is 48.5 Å². The highest BCUT2D eigenvalue weighted by Crippen LogP contribution is 2.17. The van der Waals surface area contributed by atoms with E-state index in [0.717, 1.165) is 0 Å². The van der Waals surface area contributed by atoms with Crippen LogP contribution in [-0.4, -0.2) is 39.2 Å². The first-order valence-electron chi connectivity index (χ1n) is 7.58. The van der Waals surface area contributed by atoms with Gasteiger partial charge in [-0.25, -0.2) is 0 Å². The fraction of sp³-hybridized carbons (Fsp3) is 0.222. The Hall–Kier alpha value is -3.22. The van der Waals surface area contributed by atoms with Crippen LogP contribution in [0, 0.1) is 0 Å². The molecule has 2 aromatic carbocycles. The van der Waals surface area contributed by atoms with E-state index in [0.29, 0.717) is 22.9 Å². The number of methoxy groups -OCH3 is 2. The summed E-state index contributed by atoms with van der Waals surface area (Å²) >= 11 is 0. The van der Waals surface area contributed by atoms with Gasteiger partial charge in [0.15, 0.2) is 6.61 Å². The molecule has 2 N–H and O–H groups in total. The molecule has 0 fully saturated rings. The highest BCUT2D eigenvalue weighted by molar-refractivity contribution is 5.94. The molecule has 25 heavy (non-hydrogen) atoms. The second-order valence-electron chi connectivity index (χ2n) is 5.02. The van der Waals surface area contributed by atoms with Gasteiger partial charge in [0.2, 0.25) is 5.91 Å². The Morgan fingerprint density at radius 3 is 1.88 bits per heavy atom. The van der Waals surface area contributed by atoms with E-state index in [1.54, 1.807) is 62.8 Å². The third kappa shape index (κ3) is 6.06. The van der Waals surface area contributed by atoms with E-state index < -0.39 is 0 Å². The summed E-state index contributed by atoms with van der Waals surface area (Å²) in [4.78, 5) is 23.5. The standard InChI is InChI=1S/C18H20N2O5/c1-23-14-5-3-13(4-6-14)20-17(21)11-19-18(22)12-25-16-9-7-15(24-2)8-10-16/h3-10H,11-12H2,1-2H3,(H,19,22)(H,20,21). The first-order chi connectivity index (χ1) is 12.1. The molecule has 7 nitrogen and oxygen atoms in total. The lowest BCUT2D eigenvalue weighted by atomic mass is 10.3. The summed E-state index contributed by atoms with van der Waals surface area (Å²) in [6, 6.07) is 13.8. The molecule has 7 heteroatoms. The zero-order valence-electron chi connectivity index (χ0n) is 14.1. The maximum absolute atomic E-state index is 11.8. The average Bonchev–Trinajstić information content (AvgIpc) is 2.65. The van der Waals surface area contributed by atoms with Gasteiger partial charge in [-0.15, -0.1) is 0 Å². The summed E-state index contributed by atoms with van der Waals surface area (Å²) in [6.45, 7) is -0.320. The molecule has 0 bridgehead atoms. The van der Waals surface area contributed by atoms with Crippen molar-refractivity contribution in [3.63, 3.8) is 0 Å². The number of hydrogen-bond acceptors (Lipinski definition) is 5. The second kappa shape index (κ2) is 9.17. The Morgan fingerprint density at radius 1 is 0.800 bits per heavy atom. The molecule has 0 aliphatic heterocycles. The van der Waals surface area contributed by atoms with Crippen molar-refractivity contribution >= 4 is 17.5 Å². The fourth-order valence-electron chi connectivity index (χ4n) is 1.93. The number of nitrogens with one attached hydrogen (secondary N) is 2. The van der Waals surface area contributed by atoms with Gasteiger partial charge >= 0.3 is 0 Å². The average molecular weight is 344 g/mol. The first-order valence-corrected chi connectivity index (χ1v) is 7.58. The lowest BCUT2D eigenvalue weighted by Gasteiger charge is -2.09. The fourth-order valence-corrected chi connectivity index (χ4v) is 1.93. The highest BCUT2D eigenvalue weighted by atomic mass is 16.5. The molecular formula is C18H20N2O5. The van der Waals surface area contributed by atoms with Crippen LogP contribution in [0.1, 0.15) is 0 Å². The molecule has 2 aromatic rings. The second-order valence-corrected chi connectivity index (χ2v) is 5.02. The van der Waals surface area contributed by atoms with Gasteiger partial charge in [-0.2, -0.15) is 0 Å².